The first-order chi connectivity index (χ1) is 16.5. The first-order valence-corrected chi connectivity index (χ1v) is 19.0. The lowest BCUT2D eigenvalue weighted by Crippen LogP contribution is -2.43. The number of hydrogen-bond acceptors (Lipinski definition) is 2. The molecule has 0 spiro atoms. The van der Waals surface area contributed by atoms with Gasteiger partial charge in [-0.05, 0) is 84.1 Å². The summed E-state index contributed by atoms with van der Waals surface area (Å²) in [6, 6.07) is 26.4. The van der Waals surface area contributed by atoms with Gasteiger partial charge in [-0.25, -0.2) is 0 Å². The molecule has 0 fully saturated rings. The van der Waals surface area contributed by atoms with E-state index in [0.29, 0.717) is 0 Å². The van der Waals surface area contributed by atoms with Crippen molar-refractivity contribution in [3.05, 3.63) is 95.1 Å². The van der Waals surface area contributed by atoms with Crippen LogP contribution in [-0.4, -0.2) is 16.6 Å². The largest absolute Gasteiger partial charge is 0.544 e. The van der Waals surface area contributed by atoms with Crippen molar-refractivity contribution in [2.75, 3.05) is 0 Å². The lowest BCUT2D eigenvalue weighted by Gasteiger charge is -2.36. The second kappa shape index (κ2) is 10.2. The van der Waals surface area contributed by atoms with Gasteiger partial charge in [-0.3, -0.25) is 0 Å². The lowest BCUT2D eigenvalue weighted by molar-refractivity contribution is 0.492. The maximum absolute atomic E-state index is 6.54. The molecule has 194 valence electrons. The molecule has 3 rings (SSSR count). The summed E-state index contributed by atoms with van der Waals surface area (Å²) >= 11 is 0. The SMILES string of the molecule is Cc1ccc(C(c2ccc(O[Si](C)(C)C(C)(C)C)cc2)c2ccc(O[Si](C)(C)C(C)(C)C)cc2)cc1. The van der Waals surface area contributed by atoms with Gasteiger partial charge in [0.15, 0.2) is 0 Å². The van der Waals surface area contributed by atoms with Gasteiger partial charge in [-0.1, -0.05) is 95.6 Å². The van der Waals surface area contributed by atoms with Gasteiger partial charge >= 0.3 is 0 Å². The summed E-state index contributed by atoms with van der Waals surface area (Å²) in [7, 11) is -3.75. The Bertz CT molecular complexity index is 1060. The Morgan fingerprint density at radius 2 is 0.778 bits per heavy atom. The molecule has 0 saturated carbocycles. The minimum atomic E-state index is -1.87. The Labute approximate surface area is 222 Å². The van der Waals surface area contributed by atoms with Crippen LogP contribution in [0.25, 0.3) is 0 Å². The van der Waals surface area contributed by atoms with Crippen LogP contribution in [0.4, 0.5) is 0 Å². The van der Waals surface area contributed by atoms with E-state index in [1.807, 2.05) is 0 Å². The highest BCUT2D eigenvalue weighted by molar-refractivity contribution is 6.75. The molecule has 0 radical (unpaired) electrons. The van der Waals surface area contributed by atoms with E-state index in [1.54, 1.807) is 0 Å². The van der Waals surface area contributed by atoms with E-state index >= 15 is 0 Å². The standard InChI is InChI=1S/C32H46O2Si2/c1-24-12-14-25(15-13-24)30(26-16-20-28(21-17-26)33-35(8,9)31(2,3)4)27-18-22-29(23-19-27)34-36(10,11)32(5,6)7/h12-23,30H,1-11H3. The highest BCUT2D eigenvalue weighted by Gasteiger charge is 2.39. The van der Waals surface area contributed by atoms with Crippen LogP contribution in [0.2, 0.25) is 36.3 Å². The fourth-order valence-electron chi connectivity index (χ4n) is 3.69. The van der Waals surface area contributed by atoms with E-state index in [-0.39, 0.29) is 16.0 Å². The zero-order chi connectivity index (χ0) is 26.9. The summed E-state index contributed by atoms with van der Waals surface area (Å²) < 4.78 is 13.1. The minimum absolute atomic E-state index is 0.148. The van der Waals surface area contributed by atoms with E-state index in [2.05, 4.69) is 147 Å². The predicted octanol–water partition coefficient (Wildman–Crippen LogP) is 9.94. The van der Waals surface area contributed by atoms with E-state index < -0.39 is 16.6 Å². The van der Waals surface area contributed by atoms with Crippen LogP contribution in [-0.2, 0) is 0 Å². The van der Waals surface area contributed by atoms with Gasteiger partial charge in [-0.15, -0.1) is 0 Å². The molecule has 36 heavy (non-hydrogen) atoms. The molecule has 3 aromatic rings. The first kappa shape index (κ1) is 28.3. The molecule has 0 atom stereocenters. The van der Waals surface area contributed by atoms with Crippen LogP contribution in [0.15, 0.2) is 72.8 Å². The molecule has 0 aliphatic carbocycles. The third-order valence-electron chi connectivity index (χ3n) is 8.20. The Hall–Kier alpha value is -2.31. The van der Waals surface area contributed by atoms with Crippen molar-refractivity contribution >= 4 is 16.6 Å². The molecule has 0 saturated heterocycles. The zero-order valence-electron chi connectivity index (χ0n) is 24.3. The van der Waals surface area contributed by atoms with Gasteiger partial charge in [0.05, 0.1) is 0 Å². The predicted molar refractivity (Wildman–Crippen MR) is 161 cm³/mol. The molecular formula is C32H46O2Si2. The number of benzene rings is 3. The summed E-state index contributed by atoms with van der Waals surface area (Å²) in [6.45, 7) is 25.0. The highest BCUT2D eigenvalue weighted by atomic mass is 28.4. The van der Waals surface area contributed by atoms with Crippen molar-refractivity contribution < 1.29 is 8.85 Å². The van der Waals surface area contributed by atoms with Crippen LogP contribution in [0, 0.1) is 6.92 Å². The van der Waals surface area contributed by atoms with Gasteiger partial charge in [0.25, 0.3) is 0 Å². The molecule has 0 bridgehead atoms. The fraction of sp³-hybridized carbons (Fsp3) is 0.438. The van der Waals surface area contributed by atoms with E-state index in [4.69, 9.17) is 8.85 Å². The summed E-state index contributed by atoms with van der Waals surface area (Å²) in [4.78, 5) is 0. The molecule has 0 N–H and O–H groups in total. The second-order valence-corrected chi connectivity index (χ2v) is 22.7. The average molecular weight is 519 g/mol. The summed E-state index contributed by atoms with van der Waals surface area (Å²) in [5.74, 6) is 2.08. The molecule has 4 heteroatoms. The molecule has 0 heterocycles. The summed E-state index contributed by atoms with van der Waals surface area (Å²) in [5, 5.41) is 0.342. The van der Waals surface area contributed by atoms with Gasteiger partial charge in [0.1, 0.15) is 11.5 Å². The molecule has 0 aliphatic rings. The minimum Gasteiger partial charge on any atom is -0.544 e. The highest BCUT2D eigenvalue weighted by Crippen LogP contribution is 2.40. The van der Waals surface area contributed by atoms with Crippen molar-refractivity contribution in [1.82, 2.24) is 0 Å². The summed E-state index contributed by atoms with van der Waals surface area (Å²) in [5.41, 5.74) is 5.09. The number of aryl methyl sites for hydroxylation is 1. The van der Waals surface area contributed by atoms with Gasteiger partial charge in [0.2, 0.25) is 16.6 Å². The van der Waals surface area contributed by atoms with Crippen molar-refractivity contribution in [3.8, 4) is 11.5 Å². The molecule has 0 aliphatic heterocycles. The van der Waals surface area contributed by atoms with Crippen molar-refractivity contribution in [1.29, 1.82) is 0 Å². The Morgan fingerprint density at radius 1 is 0.500 bits per heavy atom. The van der Waals surface area contributed by atoms with E-state index in [1.165, 1.54) is 22.3 Å². The number of rotatable bonds is 7. The maximum Gasteiger partial charge on any atom is 0.250 e. The third-order valence-corrected chi connectivity index (χ3v) is 16.9. The number of hydrogen-bond donors (Lipinski definition) is 0. The Kier molecular flexibility index (Phi) is 8.02. The summed E-state index contributed by atoms with van der Waals surface area (Å²) in [6.07, 6.45) is 0. The topological polar surface area (TPSA) is 18.5 Å². The Balaban J connectivity index is 1.94. The monoisotopic (exact) mass is 518 g/mol. The van der Waals surface area contributed by atoms with Crippen molar-refractivity contribution in [3.63, 3.8) is 0 Å². The molecule has 0 amide bonds. The zero-order valence-corrected chi connectivity index (χ0v) is 26.3. The Morgan fingerprint density at radius 3 is 1.06 bits per heavy atom. The maximum atomic E-state index is 6.54. The molecule has 2 nitrogen and oxygen atoms in total. The smallest absolute Gasteiger partial charge is 0.250 e. The van der Waals surface area contributed by atoms with Crippen LogP contribution < -0.4 is 8.85 Å². The quantitative estimate of drug-likeness (QED) is 0.229. The molecule has 0 unspecified atom stereocenters. The third kappa shape index (κ3) is 6.52. The normalized spacial score (nSPS) is 13.1. The molecule has 3 aromatic carbocycles. The molecule has 0 aromatic heterocycles. The van der Waals surface area contributed by atoms with Crippen molar-refractivity contribution in [2.24, 2.45) is 0 Å². The second-order valence-electron chi connectivity index (χ2n) is 13.2. The van der Waals surface area contributed by atoms with Gasteiger partial charge in [-0.2, -0.15) is 0 Å². The van der Waals surface area contributed by atoms with E-state index in [9.17, 15) is 0 Å². The van der Waals surface area contributed by atoms with Crippen LogP contribution in [0.3, 0.4) is 0 Å². The first-order valence-electron chi connectivity index (χ1n) is 13.1. The fourth-order valence-corrected chi connectivity index (χ4v) is 5.75. The van der Waals surface area contributed by atoms with Crippen LogP contribution in [0.5, 0.6) is 11.5 Å². The van der Waals surface area contributed by atoms with Crippen LogP contribution in [0.1, 0.15) is 69.7 Å². The molecular weight excluding hydrogens is 473 g/mol. The average Bonchev–Trinajstić information content (AvgIpc) is 2.75. The van der Waals surface area contributed by atoms with Crippen molar-refractivity contribution in [2.45, 2.75) is 90.6 Å². The van der Waals surface area contributed by atoms with Crippen LogP contribution >= 0.6 is 0 Å². The van der Waals surface area contributed by atoms with Gasteiger partial charge in [0, 0.05) is 5.92 Å². The van der Waals surface area contributed by atoms with E-state index in [0.717, 1.165) is 11.5 Å². The lowest BCUT2D eigenvalue weighted by atomic mass is 9.85. The van der Waals surface area contributed by atoms with Gasteiger partial charge < -0.3 is 8.85 Å².